The molecule has 2 N–H and O–H groups in total. The van der Waals surface area contributed by atoms with Crippen LogP contribution in [0.5, 0.6) is 0 Å². The standard InChI is InChI=1S/C16H25NOS/c1-16(2,3)12-4-6-13(7-5-12)17-14-8-9-19-11-15(18)10-14/h4-7,14-15,17-18H,8-11H2,1-3H3/t14-,15-/m1/s1. The van der Waals surface area contributed by atoms with Crippen molar-refractivity contribution in [2.75, 3.05) is 16.8 Å². The van der Waals surface area contributed by atoms with E-state index in [4.69, 9.17) is 0 Å². The molecule has 2 atom stereocenters. The van der Waals surface area contributed by atoms with Gasteiger partial charge in [-0.15, -0.1) is 0 Å². The van der Waals surface area contributed by atoms with Crippen LogP contribution in [-0.2, 0) is 5.41 Å². The molecule has 1 heterocycles. The molecule has 3 heteroatoms. The number of aliphatic hydroxyl groups excluding tert-OH is 1. The topological polar surface area (TPSA) is 32.3 Å². The third kappa shape index (κ3) is 4.43. The van der Waals surface area contributed by atoms with Gasteiger partial charge in [-0.3, -0.25) is 0 Å². The minimum Gasteiger partial charge on any atom is -0.392 e. The highest BCUT2D eigenvalue weighted by molar-refractivity contribution is 7.99. The average molecular weight is 279 g/mol. The van der Waals surface area contributed by atoms with E-state index >= 15 is 0 Å². The summed E-state index contributed by atoms with van der Waals surface area (Å²) in [6.45, 7) is 6.69. The van der Waals surface area contributed by atoms with Crippen LogP contribution in [0.15, 0.2) is 24.3 Å². The van der Waals surface area contributed by atoms with Crippen LogP contribution in [-0.4, -0.2) is 28.8 Å². The second kappa shape index (κ2) is 6.19. The summed E-state index contributed by atoms with van der Waals surface area (Å²) < 4.78 is 0. The molecule has 0 spiro atoms. The molecule has 0 unspecified atom stereocenters. The zero-order valence-corrected chi connectivity index (χ0v) is 13.0. The van der Waals surface area contributed by atoms with Crippen LogP contribution in [0.1, 0.15) is 39.2 Å². The van der Waals surface area contributed by atoms with Gasteiger partial charge >= 0.3 is 0 Å². The Morgan fingerprint density at radius 2 is 1.89 bits per heavy atom. The third-order valence-corrected chi connectivity index (χ3v) is 4.74. The van der Waals surface area contributed by atoms with Crippen LogP contribution >= 0.6 is 11.8 Å². The molecular weight excluding hydrogens is 254 g/mol. The fourth-order valence-corrected chi connectivity index (χ4v) is 3.42. The highest BCUT2D eigenvalue weighted by Crippen LogP contribution is 2.25. The normalized spacial score (nSPS) is 24.8. The Morgan fingerprint density at radius 3 is 2.53 bits per heavy atom. The molecule has 2 rings (SSSR count). The second-order valence-electron chi connectivity index (χ2n) is 6.42. The largest absolute Gasteiger partial charge is 0.392 e. The van der Waals surface area contributed by atoms with Gasteiger partial charge in [0.05, 0.1) is 6.10 Å². The number of aliphatic hydroxyl groups is 1. The van der Waals surface area contributed by atoms with E-state index in [-0.39, 0.29) is 11.5 Å². The Bertz CT molecular complexity index is 396. The molecule has 0 aliphatic carbocycles. The van der Waals surface area contributed by atoms with Crippen molar-refractivity contribution in [3.8, 4) is 0 Å². The molecular formula is C16H25NOS. The van der Waals surface area contributed by atoms with E-state index in [9.17, 15) is 5.11 Å². The highest BCUT2D eigenvalue weighted by atomic mass is 32.2. The van der Waals surface area contributed by atoms with E-state index in [0.29, 0.717) is 6.04 Å². The quantitative estimate of drug-likeness (QED) is 0.866. The number of benzene rings is 1. The van der Waals surface area contributed by atoms with E-state index in [1.165, 1.54) is 5.56 Å². The van der Waals surface area contributed by atoms with Crippen LogP contribution < -0.4 is 5.32 Å². The lowest BCUT2D eigenvalue weighted by molar-refractivity contribution is 0.183. The maximum absolute atomic E-state index is 9.83. The van der Waals surface area contributed by atoms with E-state index in [1.807, 2.05) is 11.8 Å². The SMILES string of the molecule is CC(C)(C)c1ccc(N[C@@H]2CCSC[C@H](O)C2)cc1. The maximum atomic E-state index is 9.83. The molecule has 0 amide bonds. The van der Waals surface area contributed by atoms with Crippen LogP contribution in [0.4, 0.5) is 5.69 Å². The van der Waals surface area contributed by atoms with Crippen molar-refractivity contribution in [2.24, 2.45) is 0 Å². The molecule has 0 radical (unpaired) electrons. The van der Waals surface area contributed by atoms with Gasteiger partial charge in [0.1, 0.15) is 0 Å². The molecule has 0 aromatic heterocycles. The lowest BCUT2D eigenvalue weighted by Crippen LogP contribution is -2.25. The zero-order valence-electron chi connectivity index (χ0n) is 12.1. The summed E-state index contributed by atoms with van der Waals surface area (Å²) >= 11 is 1.85. The fourth-order valence-electron chi connectivity index (χ4n) is 2.39. The first-order valence-corrected chi connectivity index (χ1v) is 8.23. The molecule has 1 aliphatic heterocycles. The Hall–Kier alpha value is -0.670. The van der Waals surface area contributed by atoms with E-state index < -0.39 is 0 Å². The summed E-state index contributed by atoms with van der Waals surface area (Å²) in [5.41, 5.74) is 2.72. The third-order valence-electron chi connectivity index (χ3n) is 3.60. The van der Waals surface area contributed by atoms with Crippen molar-refractivity contribution >= 4 is 17.4 Å². The number of anilines is 1. The molecule has 0 bridgehead atoms. The molecule has 1 aromatic carbocycles. The first-order chi connectivity index (χ1) is 8.95. The number of nitrogens with one attached hydrogen (secondary N) is 1. The maximum Gasteiger partial charge on any atom is 0.0650 e. The molecule has 2 nitrogen and oxygen atoms in total. The van der Waals surface area contributed by atoms with Gasteiger partial charge in [-0.1, -0.05) is 32.9 Å². The molecule has 1 saturated heterocycles. The minimum absolute atomic E-state index is 0.168. The van der Waals surface area contributed by atoms with Crippen molar-refractivity contribution in [3.63, 3.8) is 0 Å². The van der Waals surface area contributed by atoms with E-state index in [1.54, 1.807) is 0 Å². The van der Waals surface area contributed by atoms with Crippen molar-refractivity contribution in [1.82, 2.24) is 0 Å². The van der Waals surface area contributed by atoms with Gasteiger partial charge < -0.3 is 10.4 Å². The fraction of sp³-hybridized carbons (Fsp3) is 0.625. The summed E-state index contributed by atoms with van der Waals surface area (Å²) in [4.78, 5) is 0. The lowest BCUT2D eigenvalue weighted by Gasteiger charge is -2.22. The van der Waals surface area contributed by atoms with E-state index in [2.05, 4.69) is 50.4 Å². The molecule has 19 heavy (non-hydrogen) atoms. The van der Waals surface area contributed by atoms with Gasteiger partial charge in [-0.25, -0.2) is 0 Å². The summed E-state index contributed by atoms with van der Waals surface area (Å²) in [6, 6.07) is 9.11. The number of thioether (sulfide) groups is 1. The summed E-state index contributed by atoms with van der Waals surface area (Å²) in [5.74, 6) is 2.01. The van der Waals surface area contributed by atoms with Crippen LogP contribution in [0.3, 0.4) is 0 Å². The van der Waals surface area contributed by atoms with Gasteiger partial charge in [-0.2, -0.15) is 11.8 Å². The van der Waals surface area contributed by atoms with Crippen molar-refractivity contribution in [1.29, 1.82) is 0 Å². The first kappa shape index (κ1) is 14.7. The number of hydrogen-bond donors (Lipinski definition) is 2. The molecule has 106 valence electrons. The summed E-state index contributed by atoms with van der Waals surface area (Å²) in [7, 11) is 0. The average Bonchev–Trinajstić information content (AvgIpc) is 2.53. The van der Waals surface area contributed by atoms with Crippen molar-refractivity contribution in [3.05, 3.63) is 29.8 Å². The predicted octanol–water partition coefficient (Wildman–Crippen LogP) is 3.65. The van der Waals surface area contributed by atoms with Gasteiger partial charge in [0, 0.05) is 17.5 Å². The zero-order chi connectivity index (χ0) is 13.9. The van der Waals surface area contributed by atoms with Gasteiger partial charge in [-0.05, 0) is 41.7 Å². The smallest absolute Gasteiger partial charge is 0.0650 e. The highest BCUT2D eigenvalue weighted by Gasteiger charge is 2.19. The predicted molar refractivity (Wildman–Crippen MR) is 85.1 cm³/mol. The van der Waals surface area contributed by atoms with Crippen LogP contribution in [0.2, 0.25) is 0 Å². The van der Waals surface area contributed by atoms with Gasteiger partial charge in [0.15, 0.2) is 0 Å². The molecule has 1 aliphatic rings. The Balaban J connectivity index is 1.99. The molecule has 0 saturated carbocycles. The first-order valence-electron chi connectivity index (χ1n) is 7.08. The molecule has 1 fully saturated rings. The molecule has 1 aromatic rings. The van der Waals surface area contributed by atoms with Crippen LogP contribution in [0.25, 0.3) is 0 Å². The van der Waals surface area contributed by atoms with E-state index in [0.717, 1.165) is 30.0 Å². The Morgan fingerprint density at radius 1 is 1.21 bits per heavy atom. The van der Waals surface area contributed by atoms with Crippen molar-refractivity contribution in [2.45, 2.75) is 51.2 Å². The monoisotopic (exact) mass is 279 g/mol. The number of hydrogen-bond acceptors (Lipinski definition) is 3. The van der Waals surface area contributed by atoms with Gasteiger partial charge in [0.2, 0.25) is 0 Å². The van der Waals surface area contributed by atoms with Gasteiger partial charge in [0.25, 0.3) is 0 Å². The second-order valence-corrected chi connectivity index (χ2v) is 7.57. The van der Waals surface area contributed by atoms with Crippen molar-refractivity contribution < 1.29 is 5.11 Å². The summed E-state index contributed by atoms with van der Waals surface area (Å²) in [5, 5.41) is 13.4. The Labute approximate surface area is 121 Å². The lowest BCUT2D eigenvalue weighted by atomic mass is 9.87. The Kier molecular flexibility index (Phi) is 4.80. The number of rotatable bonds is 2. The minimum atomic E-state index is -0.168. The summed E-state index contributed by atoms with van der Waals surface area (Å²) in [6.07, 6.45) is 1.82. The van der Waals surface area contributed by atoms with Crippen LogP contribution in [0, 0.1) is 0 Å².